The molecule has 1 aliphatic rings. The lowest BCUT2D eigenvalue weighted by Crippen LogP contribution is -2.33. The summed E-state index contributed by atoms with van der Waals surface area (Å²) < 4.78 is 19.1. The van der Waals surface area contributed by atoms with E-state index in [0.29, 0.717) is 12.2 Å². The number of hydrogen-bond donors (Lipinski definition) is 1. The van der Waals surface area contributed by atoms with Crippen LogP contribution in [-0.4, -0.2) is 19.7 Å². The fourth-order valence-electron chi connectivity index (χ4n) is 1.78. The van der Waals surface area contributed by atoms with Gasteiger partial charge in [0.1, 0.15) is 5.82 Å². The maximum atomic E-state index is 13.5. The van der Waals surface area contributed by atoms with E-state index in [1.807, 2.05) is 6.07 Å². The molecule has 0 amide bonds. The first-order valence-electron chi connectivity index (χ1n) is 4.97. The molecule has 15 heavy (non-hydrogen) atoms. The number of nitrogens with one attached hydrogen (secondary N) is 1. The van der Waals surface area contributed by atoms with Crippen molar-refractivity contribution < 1.29 is 9.13 Å². The fourth-order valence-corrected chi connectivity index (χ4v) is 1.99. The minimum absolute atomic E-state index is 0.0643. The molecule has 0 aliphatic carbocycles. The number of halogens is 2. The lowest BCUT2D eigenvalue weighted by molar-refractivity contribution is 0.0271. The molecule has 1 aromatic rings. The van der Waals surface area contributed by atoms with Crippen LogP contribution in [0.15, 0.2) is 12.1 Å². The van der Waals surface area contributed by atoms with Gasteiger partial charge in [-0.1, -0.05) is 17.7 Å². The molecular formula is C11H13ClFNO. The SMILES string of the molecule is Cc1c(C2CNCCO2)ccc(Cl)c1F. The van der Waals surface area contributed by atoms with Crippen LogP contribution in [0.5, 0.6) is 0 Å². The summed E-state index contributed by atoms with van der Waals surface area (Å²) in [5, 5.41) is 3.38. The first-order valence-corrected chi connectivity index (χ1v) is 5.35. The van der Waals surface area contributed by atoms with Gasteiger partial charge in [-0.25, -0.2) is 4.39 Å². The summed E-state index contributed by atoms with van der Waals surface area (Å²) in [5.74, 6) is -0.344. The first-order chi connectivity index (χ1) is 7.20. The van der Waals surface area contributed by atoms with Crippen LogP contribution in [0.3, 0.4) is 0 Å². The monoisotopic (exact) mass is 229 g/mol. The molecule has 0 saturated carbocycles. The Morgan fingerprint density at radius 2 is 2.33 bits per heavy atom. The lowest BCUT2D eigenvalue weighted by atomic mass is 10.0. The quantitative estimate of drug-likeness (QED) is 0.799. The minimum atomic E-state index is -0.344. The fraction of sp³-hybridized carbons (Fsp3) is 0.455. The van der Waals surface area contributed by atoms with Gasteiger partial charge in [-0.3, -0.25) is 0 Å². The topological polar surface area (TPSA) is 21.3 Å². The highest BCUT2D eigenvalue weighted by atomic mass is 35.5. The summed E-state index contributed by atoms with van der Waals surface area (Å²) in [4.78, 5) is 0. The van der Waals surface area contributed by atoms with Gasteiger partial charge in [-0.15, -0.1) is 0 Å². The normalized spacial score (nSPS) is 21.7. The first kappa shape index (κ1) is 10.9. The van der Waals surface area contributed by atoms with Crippen LogP contribution in [0, 0.1) is 12.7 Å². The van der Waals surface area contributed by atoms with Gasteiger partial charge in [-0.05, 0) is 24.1 Å². The molecule has 0 bridgehead atoms. The van der Waals surface area contributed by atoms with E-state index in [4.69, 9.17) is 16.3 Å². The maximum absolute atomic E-state index is 13.5. The molecule has 1 heterocycles. The predicted octanol–water partition coefficient (Wildman–Crippen LogP) is 2.45. The Morgan fingerprint density at radius 3 is 3.00 bits per heavy atom. The van der Waals surface area contributed by atoms with Gasteiger partial charge in [-0.2, -0.15) is 0 Å². The molecule has 4 heteroatoms. The Labute approximate surface area is 93.4 Å². The predicted molar refractivity (Wildman–Crippen MR) is 57.7 cm³/mol. The standard InChI is InChI=1S/C11H13ClFNO/c1-7-8(2-3-9(12)11(7)13)10-6-14-4-5-15-10/h2-3,10,14H,4-6H2,1H3. The summed E-state index contributed by atoms with van der Waals surface area (Å²) in [6, 6.07) is 3.41. The molecule has 0 spiro atoms. The van der Waals surface area contributed by atoms with Crippen LogP contribution in [-0.2, 0) is 4.74 Å². The number of benzene rings is 1. The second-order valence-corrected chi connectivity index (χ2v) is 4.05. The van der Waals surface area contributed by atoms with Crippen molar-refractivity contribution in [3.63, 3.8) is 0 Å². The molecule has 1 N–H and O–H groups in total. The molecule has 82 valence electrons. The Morgan fingerprint density at radius 1 is 1.53 bits per heavy atom. The molecule has 0 aromatic heterocycles. The Hall–Kier alpha value is -0.640. The third kappa shape index (κ3) is 2.14. The van der Waals surface area contributed by atoms with E-state index in [1.165, 1.54) is 0 Å². The van der Waals surface area contributed by atoms with Crippen molar-refractivity contribution in [3.8, 4) is 0 Å². The van der Waals surface area contributed by atoms with Crippen molar-refractivity contribution in [2.24, 2.45) is 0 Å². The average molecular weight is 230 g/mol. The second-order valence-electron chi connectivity index (χ2n) is 3.64. The van der Waals surface area contributed by atoms with Gasteiger partial charge in [0, 0.05) is 13.1 Å². The summed E-state index contributed by atoms with van der Waals surface area (Å²) in [7, 11) is 0. The van der Waals surface area contributed by atoms with Crippen LogP contribution in [0.25, 0.3) is 0 Å². The highest BCUT2D eigenvalue weighted by molar-refractivity contribution is 6.30. The van der Waals surface area contributed by atoms with E-state index in [0.717, 1.165) is 18.7 Å². The van der Waals surface area contributed by atoms with Crippen LogP contribution >= 0.6 is 11.6 Å². The van der Waals surface area contributed by atoms with Crippen LogP contribution < -0.4 is 5.32 Å². The largest absolute Gasteiger partial charge is 0.371 e. The summed E-state index contributed by atoms with van der Waals surface area (Å²) >= 11 is 5.69. The molecule has 2 rings (SSSR count). The van der Waals surface area contributed by atoms with E-state index < -0.39 is 0 Å². The lowest BCUT2D eigenvalue weighted by Gasteiger charge is -2.25. The Balaban J connectivity index is 2.31. The van der Waals surface area contributed by atoms with Crippen molar-refractivity contribution in [1.82, 2.24) is 5.32 Å². The van der Waals surface area contributed by atoms with Gasteiger partial charge >= 0.3 is 0 Å². The zero-order valence-corrected chi connectivity index (χ0v) is 9.27. The van der Waals surface area contributed by atoms with E-state index in [1.54, 1.807) is 13.0 Å². The number of rotatable bonds is 1. The van der Waals surface area contributed by atoms with Gasteiger partial charge in [0.05, 0.1) is 17.7 Å². The number of hydrogen-bond acceptors (Lipinski definition) is 2. The molecule has 1 aromatic carbocycles. The second kappa shape index (κ2) is 4.47. The highest BCUT2D eigenvalue weighted by Gasteiger charge is 2.19. The van der Waals surface area contributed by atoms with E-state index in [2.05, 4.69) is 5.32 Å². The van der Waals surface area contributed by atoms with E-state index in [9.17, 15) is 4.39 Å². The van der Waals surface area contributed by atoms with Gasteiger partial charge in [0.15, 0.2) is 0 Å². The third-order valence-corrected chi connectivity index (χ3v) is 2.95. The van der Waals surface area contributed by atoms with Crippen LogP contribution in [0.1, 0.15) is 17.2 Å². The van der Waals surface area contributed by atoms with Crippen molar-refractivity contribution in [2.75, 3.05) is 19.7 Å². The van der Waals surface area contributed by atoms with Crippen LogP contribution in [0.4, 0.5) is 4.39 Å². The molecule has 1 fully saturated rings. The molecule has 1 aliphatic heterocycles. The maximum Gasteiger partial charge on any atom is 0.145 e. The zero-order valence-electron chi connectivity index (χ0n) is 8.52. The summed E-state index contributed by atoms with van der Waals surface area (Å²) in [6.45, 7) is 3.97. The number of morpholine rings is 1. The molecule has 0 radical (unpaired) electrons. The van der Waals surface area contributed by atoms with Crippen molar-refractivity contribution in [1.29, 1.82) is 0 Å². The highest BCUT2D eigenvalue weighted by Crippen LogP contribution is 2.27. The van der Waals surface area contributed by atoms with Crippen molar-refractivity contribution >= 4 is 11.6 Å². The Bertz CT molecular complexity index is 364. The van der Waals surface area contributed by atoms with Gasteiger partial charge in [0.2, 0.25) is 0 Å². The average Bonchev–Trinajstić information content (AvgIpc) is 2.27. The smallest absolute Gasteiger partial charge is 0.145 e. The van der Waals surface area contributed by atoms with Crippen molar-refractivity contribution in [2.45, 2.75) is 13.0 Å². The molecular weight excluding hydrogens is 217 g/mol. The minimum Gasteiger partial charge on any atom is -0.371 e. The van der Waals surface area contributed by atoms with Crippen molar-refractivity contribution in [3.05, 3.63) is 34.1 Å². The van der Waals surface area contributed by atoms with Gasteiger partial charge in [0.25, 0.3) is 0 Å². The number of ether oxygens (including phenoxy) is 1. The summed E-state index contributed by atoms with van der Waals surface area (Å²) in [6.07, 6.45) is -0.0643. The van der Waals surface area contributed by atoms with Crippen LogP contribution in [0.2, 0.25) is 5.02 Å². The molecule has 1 atom stereocenters. The molecule has 1 unspecified atom stereocenters. The Kier molecular flexibility index (Phi) is 3.24. The third-order valence-electron chi connectivity index (χ3n) is 2.66. The van der Waals surface area contributed by atoms with E-state index >= 15 is 0 Å². The molecule has 2 nitrogen and oxygen atoms in total. The molecule has 1 saturated heterocycles. The van der Waals surface area contributed by atoms with Gasteiger partial charge < -0.3 is 10.1 Å². The summed E-state index contributed by atoms with van der Waals surface area (Å²) in [5.41, 5.74) is 1.46. The van der Waals surface area contributed by atoms with E-state index in [-0.39, 0.29) is 16.9 Å². The zero-order chi connectivity index (χ0) is 10.8.